The molecule has 0 saturated heterocycles. The number of anilines is 1. The number of carbonyl (C=O) groups is 1. The average Bonchev–Trinajstić information content (AvgIpc) is 2.84. The molecule has 0 spiro atoms. The molecule has 1 amide bonds. The van der Waals surface area contributed by atoms with Gasteiger partial charge in [-0.15, -0.1) is 0 Å². The summed E-state index contributed by atoms with van der Waals surface area (Å²) in [5.74, 6) is 0.934. The fourth-order valence-electron chi connectivity index (χ4n) is 1.77. The van der Waals surface area contributed by atoms with Gasteiger partial charge in [-0.1, -0.05) is 6.07 Å². The summed E-state index contributed by atoms with van der Waals surface area (Å²) in [4.78, 5) is 22.1. The van der Waals surface area contributed by atoms with E-state index in [0.29, 0.717) is 17.0 Å². The minimum Gasteiger partial charge on any atom is -0.462 e. The van der Waals surface area contributed by atoms with Gasteiger partial charge in [-0.05, 0) is 38.1 Å². The van der Waals surface area contributed by atoms with Crippen molar-refractivity contribution >= 4 is 23.4 Å². The van der Waals surface area contributed by atoms with Crippen LogP contribution in [0.25, 0.3) is 6.08 Å². The lowest BCUT2D eigenvalue weighted by Gasteiger charge is -2.03. The molecule has 21 heavy (non-hydrogen) atoms. The molecule has 0 atom stereocenters. The van der Waals surface area contributed by atoms with Gasteiger partial charge in [0.05, 0.1) is 4.92 Å². The summed E-state index contributed by atoms with van der Waals surface area (Å²) in [5, 5.41) is 13.4. The lowest BCUT2D eigenvalue weighted by molar-refractivity contribution is -0.385. The summed E-state index contributed by atoms with van der Waals surface area (Å²) in [6, 6.07) is 8.08. The van der Waals surface area contributed by atoms with Gasteiger partial charge in [0.2, 0.25) is 5.91 Å². The van der Waals surface area contributed by atoms with Crippen LogP contribution < -0.4 is 5.32 Å². The van der Waals surface area contributed by atoms with Gasteiger partial charge in [-0.2, -0.15) is 0 Å². The van der Waals surface area contributed by atoms with Crippen LogP contribution in [0.5, 0.6) is 0 Å². The molecular formula is C15H14N2O4. The standard InChI is InChI=1S/C15H14N2O4/c1-10-3-5-12(9-14(10)17(19)20)16-15(18)8-7-13-6-4-11(2)21-13/h3-9H,1-2H3,(H,16,18)/b8-7+. The second kappa shape index (κ2) is 6.04. The van der Waals surface area contributed by atoms with Crippen LogP contribution in [-0.4, -0.2) is 10.8 Å². The van der Waals surface area contributed by atoms with Gasteiger partial charge in [-0.3, -0.25) is 14.9 Å². The maximum absolute atomic E-state index is 11.7. The highest BCUT2D eigenvalue weighted by atomic mass is 16.6. The molecule has 108 valence electrons. The third-order valence-electron chi connectivity index (χ3n) is 2.83. The van der Waals surface area contributed by atoms with E-state index in [2.05, 4.69) is 5.32 Å². The van der Waals surface area contributed by atoms with Gasteiger partial charge in [0, 0.05) is 23.4 Å². The van der Waals surface area contributed by atoms with E-state index in [4.69, 9.17) is 4.42 Å². The van der Waals surface area contributed by atoms with E-state index >= 15 is 0 Å². The van der Waals surface area contributed by atoms with E-state index in [-0.39, 0.29) is 11.6 Å². The number of benzene rings is 1. The first-order valence-electron chi connectivity index (χ1n) is 6.26. The van der Waals surface area contributed by atoms with E-state index in [0.717, 1.165) is 5.76 Å². The number of aryl methyl sites for hydroxylation is 2. The Morgan fingerprint density at radius 3 is 2.67 bits per heavy atom. The second-order valence-corrected chi connectivity index (χ2v) is 4.53. The Kier molecular flexibility index (Phi) is 4.18. The maximum atomic E-state index is 11.7. The molecule has 6 heteroatoms. The SMILES string of the molecule is Cc1ccc(/C=C/C(=O)Nc2ccc(C)c([N+](=O)[O-])c2)o1. The average molecular weight is 286 g/mol. The van der Waals surface area contributed by atoms with Crippen LogP contribution in [-0.2, 0) is 4.79 Å². The predicted octanol–water partition coefficient (Wildman–Crippen LogP) is 3.46. The van der Waals surface area contributed by atoms with Gasteiger partial charge >= 0.3 is 0 Å². The number of nitro benzene ring substituents is 1. The fraction of sp³-hybridized carbons (Fsp3) is 0.133. The first-order valence-corrected chi connectivity index (χ1v) is 6.26. The van der Waals surface area contributed by atoms with Gasteiger partial charge in [-0.25, -0.2) is 0 Å². The van der Waals surface area contributed by atoms with Crippen molar-refractivity contribution in [3.63, 3.8) is 0 Å². The molecule has 1 aromatic carbocycles. The minimum absolute atomic E-state index is 0.0292. The van der Waals surface area contributed by atoms with Gasteiger partial charge < -0.3 is 9.73 Å². The summed E-state index contributed by atoms with van der Waals surface area (Å²) in [6.07, 6.45) is 2.84. The van der Waals surface area contributed by atoms with Crippen molar-refractivity contribution in [2.24, 2.45) is 0 Å². The largest absolute Gasteiger partial charge is 0.462 e. The van der Waals surface area contributed by atoms with Crippen molar-refractivity contribution in [1.29, 1.82) is 0 Å². The Balaban J connectivity index is 2.07. The Bertz CT molecular complexity index is 716. The smallest absolute Gasteiger partial charge is 0.274 e. The first-order chi connectivity index (χ1) is 9.95. The van der Waals surface area contributed by atoms with E-state index in [1.54, 1.807) is 31.2 Å². The third kappa shape index (κ3) is 3.79. The summed E-state index contributed by atoms with van der Waals surface area (Å²) in [5.41, 5.74) is 0.885. The van der Waals surface area contributed by atoms with Crippen LogP contribution in [0.4, 0.5) is 11.4 Å². The first kappa shape index (κ1) is 14.5. The lowest BCUT2D eigenvalue weighted by Crippen LogP contribution is -2.08. The number of rotatable bonds is 4. The highest BCUT2D eigenvalue weighted by molar-refractivity contribution is 6.01. The van der Waals surface area contributed by atoms with Gasteiger partial charge in [0.1, 0.15) is 11.5 Å². The normalized spacial score (nSPS) is 10.8. The van der Waals surface area contributed by atoms with Crippen molar-refractivity contribution in [2.75, 3.05) is 5.32 Å². The molecule has 1 aromatic heterocycles. The van der Waals surface area contributed by atoms with E-state index in [1.165, 1.54) is 18.2 Å². The molecule has 6 nitrogen and oxygen atoms in total. The fourth-order valence-corrected chi connectivity index (χ4v) is 1.77. The zero-order chi connectivity index (χ0) is 15.4. The topological polar surface area (TPSA) is 85.4 Å². The highest BCUT2D eigenvalue weighted by Gasteiger charge is 2.11. The van der Waals surface area contributed by atoms with Gasteiger partial charge in [0.15, 0.2) is 0 Å². The molecule has 0 bridgehead atoms. The van der Waals surface area contributed by atoms with E-state index < -0.39 is 4.92 Å². The zero-order valence-electron chi connectivity index (χ0n) is 11.6. The highest BCUT2D eigenvalue weighted by Crippen LogP contribution is 2.22. The number of amides is 1. The number of furan rings is 1. The van der Waals surface area contributed by atoms with Crippen molar-refractivity contribution in [3.05, 3.63) is 63.6 Å². The Labute approximate surface area is 121 Å². The molecule has 2 rings (SSSR count). The second-order valence-electron chi connectivity index (χ2n) is 4.53. The number of carbonyl (C=O) groups excluding carboxylic acids is 1. The summed E-state index contributed by atoms with van der Waals surface area (Å²) in [6.45, 7) is 3.45. The van der Waals surface area contributed by atoms with Crippen LogP contribution in [0.1, 0.15) is 17.1 Å². The lowest BCUT2D eigenvalue weighted by atomic mass is 10.2. The molecule has 0 aliphatic rings. The molecule has 2 aromatic rings. The van der Waals surface area contributed by atoms with Crippen LogP contribution >= 0.6 is 0 Å². The molecule has 0 aliphatic carbocycles. The summed E-state index contributed by atoms with van der Waals surface area (Å²) >= 11 is 0. The quantitative estimate of drug-likeness (QED) is 0.530. The maximum Gasteiger partial charge on any atom is 0.274 e. The molecule has 0 aliphatic heterocycles. The molecular weight excluding hydrogens is 272 g/mol. The van der Waals surface area contributed by atoms with Crippen LogP contribution in [0.15, 0.2) is 40.8 Å². The van der Waals surface area contributed by atoms with E-state index in [1.807, 2.05) is 6.92 Å². The number of nitro groups is 1. The molecule has 0 radical (unpaired) electrons. The zero-order valence-corrected chi connectivity index (χ0v) is 11.6. The number of nitrogens with one attached hydrogen (secondary N) is 1. The molecule has 0 unspecified atom stereocenters. The number of hydrogen-bond acceptors (Lipinski definition) is 4. The number of hydrogen-bond donors (Lipinski definition) is 1. The van der Waals surface area contributed by atoms with Crippen LogP contribution in [0, 0.1) is 24.0 Å². The molecule has 0 saturated carbocycles. The van der Waals surface area contributed by atoms with Crippen molar-refractivity contribution < 1.29 is 14.1 Å². The predicted molar refractivity (Wildman–Crippen MR) is 78.9 cm³/mol. The molecule has 1 heterocycles. The molecule has 0 fully saturated rings. The van der Waals surface area contributed by atoms with Crippen molar-refractivity contribution in [1.82, 2.24) is 0 Å². The Morgan fingerprint density at radius 2 is 2.05 bits per heavy atom. The Hall–Kier alpha value is -2.89. The van der Waals surface area contributed by atoms with Crippen molar-refractivity contribution in [3.8, 4) is 0 Å². The van der Waals surface area contributed by atoms with Crippen LogP contribution in [0.3, 0.4) is 0 Å². The van der Waals surface area contributed by atoms with E-state index in [9.17, 15) is 14.9 Å². The van der Waals surface area contributed by atoms with Gasteiger partial charge in [0.25, 0.3) is 5.69 Å². The number of nitrogens with zero attached hydrogens (tertiary/aromatic N) is 1. The summed E-state index contributed by atoms with van der Waals surface area (Å²) in [7, 11) is 0. The van der Waals surface area contributed by atoms with Crippen LogP contribution in [0.2, 0.25) is 0 Å². The minimum atomic E-state index is -0.480. The monoisotopic (exact) mass is 286 g/mol. The molecule has 1 N–H and O–H groups in total. The van der Waals surface area contributed by atoms with Crippen molar-refractivity contribution in [2.45, 2.75) is 13.8 Å². The third-order valence-corrected chi connectivity index (χ3v) is 2.83. The Morgan fingerprint density at radius 1 is 1.29 bits per heavy atom. The summed E-state index contributed by atoms with van der Waals surface area (Å²) < 4.78 is 5.29.